The van der Waals surface area contributed by atoms with Gasteiger partial charge in [0.05, 0.1) is 16.7 Å². The molecule has 0 bridgehead atoms. The summed E-state index contributed by atoms with van der Waals surface area (Å²) in [7, 11) is 0. The molecule has 0 saturated heterocycles. The van der Waals surface area contributed by atoms with E-state index in [0.29, 0.717) is 0 Å². The van der Waals surface area contributed by atoms with Gasteiger partial charge in [0, 0.05) is 19.2 Å². The normalized spacial score (nSPS) is 12.2. The number of nitro groups is 1. The van der Waals surface area contributed by atoms with Gasteiger partial charge in [0.25, 0.3) is 0 Å². The van der Waals surface area contributed by atoms with Gasteiger partial charge in [-0.3, -0.25) is 24.6 Å². The second kappa shape index (κ2) is 7.67. The summed E-state index contributed by atoms with van der Waals surface area (Å²) in [6.45, 7) is 6.30. The lowest BCUT2D eigenvalue weighted by molar-refractivity contribution is -0.385. The van der Waals surface area contributed by atoms with E-state index in [1.807, 2.05) is 32.9 Å². The smallest absolute Gasteiger partial charge is 0.306 e. The highest BCUT2D eigenvalue weighted by atomic mass is 16.6. The number of pyridine rings is 1. The molecule has 0 radical (unpaired) electrons. The average molecular weight is 331 g/mol. The fourth-order valence-corrected chi connectivity index (χ4v) is 2.41. The lowest BCUT2D eigenvalue weighted by Gasteiger charge is -2.23. The Labute approximate surface area is 140 Å². The zero-order valence-electron chi connectivity index (χ0n) is 14.0. The predicted molar refractivity (Wildman–Crippen MR) is 88.2 cm³/mol. The summed E-state index contributed by atoms with van der Waals surface area (Å²) >= 11 is 0. The van der Waals surface area contributed by atoms with Crippen LogP contribution in [0, 0.1) is 23.0 Å². The van der Waals surface area contributed by atoms with Crippen molar-refractivity contribution in [3.05, 3.63) is 52.1 Å². The van der Waals surface area contributed by atoms with Gasteiger partial charge in [-0.25, -0.2) is 0 Å². The van der Waals surface area contributed by atoms with Crippen molar-refractivity contribution in [3.63, 3.8) is 0 Å². The molecule has 1 amide bonds. The number of rotatable bonds is 7. The average Bonchev–Trinajstić information content (AvgIpc) is 3.00. The van der Waals surface area contributed by atoms with Crippen LogP contribution < -0.4 is 5.32 Å². The predicted octanol–water partition coefficient (Wildman–Crippen LogP) is 2.40. The minimum atomic E-state index is -0.512. The van der Waals surface area contributed by atoms with Crippen LogP contribution in [0.15, 0.2) is 30.7 Å². The van der Waals surface area contributed by atoms with Crippen molar-refractivity contribution >= 4 is 11.6 Å². The van der Waals surface area contributed by atoms with Crippen LogP contribution in [0.4, 0.5) is 5.69 Å². The van der Waals surface area contributed by atoms with Crippen LogP contribution in [0.25, 0.3) is 0 Å². The summed E-state index contributed by atoms with van der Waals surface area (Å²) in [6.07, 6.45) is 4.39. The van der Waals surface area contributed by atoms with Crippen LogP contribution in [0.5, 0.6) is 0 Å². The van der Waals surface area contributed by atoms with Crippen molar-refractivity contribution in [2.24, 2.45) is 5.92 Å². The maximum atomic E-state index is 12.2. The van der Waals surface area contributed by atoms with E-state index in [0.717, 1.165) is 11.3 Å². The molecule has 8 nitrogen and oxygen atoms in total. The molecule has 24 heavy (non-hydrogen) atoms. The number of nitrogens with one attached hydrogen (secondary N) is 1. The van der Waals surface area contributed by atoms with Gasteiger partial charge in [0.2, 0.25) is 5.91 Å². The Kier molecular flexibility index (Phi) is 5.62. The van der Waals surface area contributed by atoms with Crippen molar-refractivity contribution in [3.8, 4) is 0 Å². The molecule has 0 aromatic carbocycles. The number of carbonyl (C=O) groups excluding carboxylic acids is 1. The fraction of sp³-hybridized carbons (Fsp3) is 0.438. The number of hydrogen-bond acceptors (Lipinski definition) is 5. The molecule has 0 fully saturated rings. The third kappa shape index (κ3) is 4.37. The van der Waals surface area contributed by atoms with E-state index < -0.39 is 4.92 Å². The van der Waals surface area contributed by atoms with Crippen molar-refractivity contribution in [2.75, 3.05) is 0 Å². The molecular formula is C16H21N5O3. The summed E-state index contributed by atoms with van der Waals surface area (Å²) in [5, 5.41) is 17.5. The highest BCUT2D eigenvalue weighted by molar-refractivity contribution is 5.76. The van der Waals surface area contributed by atoms with Crippen LogP contribution in [-0.2, 0) is 11.3 Å². The van der Waals surface area contributed by atoms with Gasteiger partial charge in [0.1, 0.15) is 12.4 Å². The Morgan fingerprint density at radius 2 is 2.21 bits per heavy atom. The Balaban J connectivity index is 1.98. The molecule has 1 unspecified atom stereocenters. The summed E-state index contributed by atoms with van der Waals surface area (Å²) in [5.74, 6) is 0.0465. The van der Waals surface area contributed by atoms with Crippen LogP contribution in [0.3, 0.4) is 0 Å². The summed E-state index contributed by atoms with van der Waals surface area (Å²) < 4.78 is 1.40. The van der Waals surface area contributed by atoms with Crippen LogP contribution in [-0.4, -0.2) is 25.6 Å². The van der Waals surface area contributed by atoms with Gasteiger partial charge in [-0.1, -0.05) is 19.9 Å². The maximum absolute atomic E-state index is 12.2. The SMILES string of the molecule is Cc1cccnc1C(NC(=O)CCn1cc([N+](=O)[O-])cn1)C(C)C. The summed E-state index contributed by atoms with van der Waals surface area (Å²) in [6, 6.07) is 3.65. The molecule has 0 aliphatic heterocycles. The molecule has 0 aliphatic carbocycles. The second-order valence-corrected chi connectivity index (χ2v) is 5.96. The third-order valence-corrected chi connectivity index (χ3v) is 3.73. The molecular weight excluding hydrogens is 310 g/mol. The van der Waals surface area contributed by atoms with E-state index in [4.69, 9.17) is 0 Å². The number of nitrogens with zero attached hydrogens (tertiary/aromatic N) is 4. The zero-order chi connectivity index (χ0) is 17.7. The first-order chi connectivity index (χ1) is 11.4. The molecule has 0 saturated carbocycles. The molecule has 0 spiro atoms. The van der Waals surface area contributed by atoms with E-state index in [1.165, 1.54) is 17.1 Å². The van der Waals surface area contributed by atoms with Crippen LogP contribution >= 0.6 is 0 Å². The standard InChI is InChI=1S/C16H21N5O3/c1-11(2)15(16-12(3)5-4-7-17-16)19-14(22)6-8-20-10-13(9-18-20)21(23)24/h4-5,7,9-11,15H,6,8H2,1-3H3,(H,19,22). The Morgan fingerprint density at radius 3 is 2.79 bits per heavy atom. The quantitative estimate of drug-likeness (QED) is 0.620. The topological polar surface area (TPSA) is 103 Å². The molecule has 1 atom stereocenters. The number of aryl methyl sites for hydroxylation is 2. The van der Waals surface area contributed by atoms with Crippen molar-refractivity contribution in [1.29, 1.82) is 0 Å². The first-order valence-corrected chi connectivity index (χ1v) is 7.76. The number of carbonyl (C=O) groups is 1. The van der Waals surface area contributed by atoms with Gasteiger partial charge < -0.3 is 5.32 Å². The number of aromatic nitrogens is 3. The second-order valence-electron chi connectivity index (χ2n) is 5.96. The zero-order valence-corrected chi connectivity index (χ0v) is 14.0. The van der Waals surface area contributed by atoms with E-state index in [2.05, 4.69) is 15.4 Å². The number of hydrogen-bond donors (Lipinski definition) is 1. The minimum Gasteiger partial charge on any atom is -0.347 e. The summed E-state index contributed by atoms with van der Waals surface area (Å²) in [4.78, 5) is 26.7. The highest BCUT2D eigenvalue weighted by Crippen LogP contribution is 2.22. The molecule has 1 N–H and O–H groups in total. The lowest BCUT2D eigenvalue weighted by atomic mass is 9.97. The Hall–Kier alpha value is -2.77. The van der Waals surface area contributed by atoms with E-state index >= 15 is 0 Å². The Morgan fingerprint density at radius 1 is 1.46 bits per heavy atom. The van der Waals surface area contributed by atoms with Gasteiger partial charge >= 0.3 is 5.69 Å². The molecule has 2 aromatic heterocycles. The van der Waals surface area contributed by atoms with Crippen molar-refractivity contribution < 1.29 is 9.72 Å². The van der Waals surface area contributed by atoms with Crippen LogP contribution in [0.1, 0.15) is 37.6 Å². The summed E-state index contributed by atoms with van der Waals surface area (Å²) in [5.41, 5.74) is 1.80. The monoisotopic (exact) mass is 331 g/mol. The highest BCUT2D eigenvalue weighted by Gasteiger charge is 2.21. The molecule has 2 aromatic rings. The number of amides is 1. The van der Waals surface area contributed by atoms with Gasteiger partial charge in [0.15, 0.2) is 0 Å². The molecule has 8 heteroatoms. The van der Waals surface area contributed by atoms with Crippen molar-refractivity contribution in [1.82, 2.24) is 20.1 Å². The molecule has 0 aliphatic rings. The first kappa shape index (κ1) is 17.6. The van der Waals surface area contributed by atoms with E-state index in [9.17, 15) is 14.9 Å². The van der Waals surface area contributed by atoms with Gasteiger partial charge in [-0.2, -0.15) is 5.10 Å². The lowest BCUT2D eigenvalue weighted by Crippen LogP contribution is -2.33. The Bertz CT molecular complexity index is 726. The van der Waals surface area contributed by atoms with E-state index in [-0.39, 0.29) is 36.5 Å². The van der Waals surface area contributed by atoms with E-state index in [1.54, 1.807) is 6.20 Å². The van der Waals surface area contributed by atoms with Crippen molar-refractivity contribution in [2.45, 2.75) is 39.8 Å². The minimum absolute atomic E-state index is 0.0837. The first-order valence-electron chi connectivity index (χ1n) is 7.76. The van der Waals surface area contributed by atoms with Gasteiger partial charge in [-0.05, 0) is 24.5 Å². The molecule has 2 rings (SSSR count). The third-order valence-electron chi connectivity index (χ3n) is 3.73. The fourth-order valence-electron chi connectivity index (χ4n) is 2.41. The molecule has 2 heterocycles. The van der Waals surface area contributed by atoms with Crippen LogP contribution in [0.2, 0.25) is 0 Å². The maximum Gasteiger partial charge on any atom is 0.306 e. The largest absolute Gasteiger partial charge is 0.347 e. The molecule has 128 valence electrons. The van der Waals surface area contributed by atoms with Gasteiger partial charge in [-0.15, -0.1) is 0 Å².